The Morgan fingerprint density at radius 3 is 2.23 bits per heavy atom. The zero-order chi connectivity index (χ0) is 44.9. The van der Waals surface area contributed by atoms with Crippen LogP contribution in [0.1, 0.15) is 61.3 Å². The molecule has 0 aromatic carbocycles. The predicted octanol–water partition coefficient (Wildman–Crippen LogP) is 4.82. The van der Waals surface area contributed by atoms with Gasteiger partial charge in [0, 0.05) is 32.5 Å². The summed E-state index contributed by atoms with van der Waals surface area (Å²) < 4.78 is 28.2. The fourth-order valence-electron chi connectivity index (χ4n) is 6.31. The highest BCUT2D eigenvalue weighted by molar-refractivity contribution is 5.99. The molecule has 0 spiro atoms. The first-order valence-corrected chi connectivity index (χ1v) is 20.2. The number of carbonyl (C=O) groups is 3. The van der Waals surface area contributed by atoms with Crippen LogP contribution in [-0.2, 0) is 38.1 Å². The summed E-state index contributed by atoms with van der Waals surface area (Å²) in [4.78, 5) is 38.7. The second-order valence-electron chi connectivity index (χ2n) is 15.1. The molecular weight excluding hydrogens is 773 g/mol. The maximum absolute atomic E-state index is 13.1. The molecule has 0 bridgehead atoms. The number of rotatable bonds is 13. The van der Waals surface area contributed by atoms with Gasteiger partial charge < -0.3 is 49.2 Å². The van der Waals surface area contributed by atoms with Gasteiger partial charge in [-0.25, -0.2) is 0 Å². The Morgan fingerprint density at radius 2 is 1.55 bits per heavy atom. The minimum atomic E-state index is -1.33. The fraction of sp³-hybridized carbons (Fsp3) is 0.511. The van der Waals surface area contributed by atoms with Gasteiger partial charge in [-0.3, -0.25) is 14.4 Å². The number of hydrogen-bond donors (Lipinski definition) is 5. The molecule has 1 fully saturated rings. The molecule has 0 amide bonds. The maximum atomic E-state index is 13.1. The smallest absolute Gasteiger partial charge is 0.309 e. The summed E-state index contributed by atoms with van der Waals surface area (Å²) in [5.41, 5.74) is 1.59. The van der Waals surface area contributed by atoms with Gasteiger partial charge in [-0.05, 0) is 64.0 Å². The van der Waals surface area contributed by atoms with Crippen LogP contribution in [0.4, 0.5) is 0 Å². The number of allylic oxidation sites excluding steroid dienone is 13. The standard InChI is InChI=1S/C47H66O13/c1-29-20-19-21-31(3)42(53)38(50)24-17-11-10-12-18-25-40(60-41(52)27-26-30(2)39(51)28-29)33(5)43(54)32(4)36(48)22-15-13-14-16-23-37(49)34(6)58-47-46(57-9)44(55)45(56-8)35(7)59-47/h10-24,26,28,32-35,37-40,43-47,49-51,54-55H,25,27H2,1-9H3/b11-10+,14-13+,18-12+,20-19-,22-15+,23-16+,24-17+,29-28+,30-26+,31-21-. The van der Waals surface area contributed by atoms with E-state index < -0.39 is 90.9 Å². The van der Waals surface area contributed by atoms with Crippen LogP contribution in [0.2, 0.25) is 0 Å². The molecule has 332 valence electrons. The first kappa shape index (κ1) is 52.0. The van der Waals surface area contributed by atoms with Gasteiger partial charge in [0.2, 0.25) is 0 Å². The van der Waals surface area contributed by atoms with Gasteiger partial charge in [0.05, 0.1) is 36.9 Å². The Hall–Kier alpha value is -4.15. The third-order valence-corrected chi connectivity index (χ3v) is 10.4. The number of Topliss-reactive ketones (excluding diaryl/α,β-unsaturated/α-hetero) is 1. The van der Waals surface area contributed by atoms with Gasteiger partial charge in [0.1, 0.15) is 30.5 Å². The summed E-state index contributed by atoms with van der Waals surface area (Å²) in [5.74, 6) is -2.90. The number of aliphatic hydroxyl groups excluding tert-OH is 5. The molecular formula is C47H66O13. The fourth-order valence-corrected chi connectivity index (χ4v) is 6.31. The van der Waals surface area contributed by atoms with E-state index in [0.29, 0.717) is 16.7 Å². The van der Waals surface area contributed by atoms with Gasteiger partial charge in [-0.15, -0.1) is 0 Å². The lowest BCUT2D eigenvalue weighted by Gasteiger charge is -2.43. The van der Waals surface area contributed by atoms with E-state index in [4.69, 9.17) is 23.7 Å². The second-order valence-corrected chi connectivity index (χ2v) is 15.1. The van der Waals surface area contributed by atoms with Crippen molar-refractivity contribution >= 4 is 17.5 Å². The van der Waals surface area contributed by atoms with Crippen molar-refractivity contribution in [1.82, 2.24) is 0 Å². The van der Waals surface area contributed by atoms with Crippen molar-refractivity contribution in [2.24, 2.45) is 11.8 Å². The van der Waals surface area contributed by atoms with Gasteiger partial charge >= 0.3 is 5.97 Å². The molecule has 60 heavy (non-hydrogen) atoms. The largest absolute Gasteiger partial charge is 0.461 e. The number of carbonyl (C=O) groups excluding carboxylic acids is 3. The Kier molecular flexibility index (Phi) is 23.3. The van der Waals surface area contributed by atoms with E-state index in [1.165, 1.54) is 44.6 Å². The first-order valence-electron chi connectivity index (χ1n) is 20.2. The van der Waals surface area contributed by atoms with Crippen molar-refractivity contribution < 1.29 is 63.6 Å². The summed E-state index contributed by atoms with van der Waals surface area (Å²) in [6.07, 6.45) is 17.1. The van der Waals surface area contributed by atoms with E-state index in [-0.39, 0.29) is 18.6 Å². The number of ether oxygens (including phenoxy) is 5. The van der Waals surface area contributed by atoms with Crippen LogP contribution >= 0.6 is 0 Å². The molecule has 13 atom stereocenters. The molecule has 13 unspecified atom stereocenters. The van der Waals surface area contributed by atoms with Crippen molar-refractivity contribution in [3.8, 4) is 0 Å². The number of hydrogen-bond acceptors (Lipinski definition) is 13. The summed E-state index contributed by atoms with van der Waals surface area (Å²) >= 11 is 0. The lowest BCUT2D eigenvalue weighted by molar-refractivity contribution is -0.314. The van der Waals surface area contributed by atoms with Crippen molar-refractivity contribution in [3.63, 3.8) is 0 Å². The minimum Gasteiger partial charge on any atom is -0.461 e. The molecule has 13 nitrogen and oxygen atoms in total. The Labute approximate surface area is 355 Å². The molecule has 0 aromatic heterocycles. The average Bonchev–Trinajstić information content (AvgIpc) is 3.21. The van der Waals surface area contributed by atoms with E-state index in [2.05, 4.69) is 0 Å². The molecule has 0 radical (unpaired) electrons. The summed E-state index contributed by atoms with van der Waals surface area (Å²) in [6.45, 7) is 11.8. The zero-order valence-corrected chi connectivity index (χ0v) is 36.2. The van der Waals surface area contributed by atoms with Crippen LogP contribution in [-0.4, -0.2) is 125 Å². The highest BCUT2D eigenvalue weighted by atomic mass is 16.7. The number of cyclic esters (lactones) is 1. The number of ketones is 2. The van der Waals surface area contributed by atoms with E-state index in [1.807, 2.05) is 0 Å². The first-order chi connectivity index (χ1) is 28.4. The summed E-state index contributed by atoms with van der Waals surface area (Å²) in [6, 6.07) is 0. The Bertz CT molecular complexity index is 1700. The minimum absolute atomic E-state index is 0.130. The molecule has 0 aromatic rings. The normalized spacial score (nSPS) is 34.3. The molecule has 5 N–H and O–H groups in total. The van der Waals surface area contributed by atoms with Crippen molar-refractivity contribution in [3.05, 3.63) is 120 Å². The molecule has 2 rings (SSSR count). The molecule has 2 aliphatic rings. The van der Waals surface area contributed by atoms with E-state index in [9.17, 15) is 39.9 Å². The third-order valence-electron chi connectivity index (χ3n) is 10.4. The van der Waals surface area contributed by atoms with Gasteiger partial charge in [-0.2, -0.15) is 0 Å². The maximum Gasteiger partial charge on any atom is 0.309 e. The number of aliphatic hydroxyl groups is 5. The highest BCUT2D eigenvalue weighted by Gasteiger charge is 2.45. The van der Waals surface area contributed by atoms with Crippen LogP contribution in [0.25, 0.3) is 0 Å². The second kappa shape index (κ2) is 26.9. The van der Waals surface area contributed by atoms with Crippen LogP contribution in [0.15, 0.2) is 120 Å². The average molecular weight is 839 g/mol. The van der Waals surface area contributed by atoms with Gasteiger partial charge in [-0.1, -0.05) is 104 Å². The Morgan fingerprint density at radius 1 is 0.883 bits per heavy atom. The van der Waals surface area contributed by atoms with Crippen molar-refractivity contribution in [2.45, 2.75) is 129 Å². The monoisotopic (exact) mass is 838 g/mol. The van der Waals surface area contributed by atoms with E-state index >= 15 is 0 Å². The van der Waals surface area contributed by atoms with Gasteiger partial charge in [0.25, 0.3) is 0 Å². The van der Waals surface area contributed by atoms with Crippen LogP contribution in [0.5, 0.6) is 0 Å². The van der Waals surface area contributed by atoms with E-state index in [0.717, 1.165) is 0 Å². The molecule has 13 heteroatoms. The van der Waals surface area contributed by atoms with Gasteiger partial charge in [0.15, 0.2) is 17.9 Å². The van der Waals surface area contributed by atoms with Crippen LogP contribution < -0.4 is 0 Å². The lowest BCUT2D eigenvalue weighted by Crippen LogP contribution is -2.59. The van der Waals surface area contributed by atoms with Crippen molar-refractivity contribution in [1.29, 1.82) is 0 Å². The molecule has 2 heterocycles. The van der Waals surface area contributed by atoms with Crippen molar-refractivity contribution in [2.75, 3.05) is 14.2 Å². The topological polar surface area (TPSA) is 199 Å². The number of methoxy groups -OCH3 is 2. The molecule has 2 aliphatic heterocycles. The lowest BCUT2D eigenvalue weighted by atomic mass is 9.85. The quantitative estimate of drug-likeness (QED) is 0.0734. The zero-order valence-electron chi connectivity index (χ0n) is 36.2. The Balaban J connectivity index is 2.11. The predicted molar refractivity (Wildman–Crippen MR) is 229 cm³/mol. The molecule has 0 aliphatic carbocycles. The number of esters is 1. The highest BCUT2D eigenvalue weighted by Crippen LogP contribution is 2.27. The summed E-state index contributed by atoms with van der Waals surface area (Å²) in [5, 5.41) is 53.5. The van der Waals surface area contributed by atoms with E-state index in [1.54, 1.807) is 121 Å². The summed E-state index contributed by atoms with van der Waals surface area (Å²) in [7, 11) is 2.90. The molecule has 1 saturated heterocycles. The van der Waals surface area contributed by atoms with Crippen LogP contribution in [0, 0.1) is 11.8 Å². The third kappa shape index (κ3) is 17.1. The van der Waals surface area contributed by atoms with Crippen LogP contribution in [0.3, 0.4) is 0 Å². The SMILES string of the molecule is COC1C(C)OC(OC(C)C(O)/C=C/C=C/C=C/C(=O)C(C)C(O)C(C)C2C/C=C/C=C/C=C/C(O)C(=O)\C(C)=C/C=C\C(C)=C\C(O)/C(C)=C/CC(=O)O2)C(OC)C1O. The molecule has 0 saturated carbocycles.